The van der Waals surface area contributed by atoms with Crippen LogP contribution in [0.5, 0.6) is 0 Å². The highest BCUT2D eigenvalue weighted by molar-refractivity contribution is 7.90. The minimum Gasteiger partial charge on any atom is -0.307 e. The second kappa shape index (κ2) is 4.83. The van der Waals surface area contributed by atoms with Crippen molar-refractivity contribution in [1.82, 2.24) is 13.9 Å². The molecule has 0 bridgehead atoms. The lowest BCUT2D eigenvalue weighted by Gasteiger charge is -2.09. The number of hydrogen-bond acceptors (Lipinski definition) is 6. The summed E-state index contributed by atoms with van der Waals surface area (Å²) < 4.78 is 26.6. The fourth-order valence-electron chi connectivity index (χ4n) is 2.10. The molecule has 108 valence electrons. The molecule has 0 fully saturated rings. The van der Waals surface area contributed by atoms with Crippen molar-refractivity contribution in [2.24, 2.45) is 5.84 Å². The molecule has 0 aliphatic heterocycles. The van der Waals surface area contributed by atoms with Crippen molar-refractivity contribution in [3.05, 3.63) is 48.3 Å². The zero-order chi connectivity index (χ0) is 15.0. The number of benzene rings is 1. The van der Waals surface area contributed by atoms with Gasteiger partial charge in [0.25, 0.3) is 10.0 Å². The highest BCUT2D eigenvalue weighted by atomic mass is 32.2. The van der Waals surface area contributed by atoms with Crippen LogP contribution in [0.3, 0.4) is 0 Å². The first-order valence-corrected chi connectivity index (χ1v) is 7.60. The lowest BCUT2D eigenvalue weighted by Crippen LogP contribution is -2.14. The van der Waals surface area contributed by atoms with Crippen LogP contribution in [0, 0.1) is 6.92 Å². The summed E-state index contributed by atoms with van der Waals surface area (Å²) in [6.45, 7) is 1.75. The van der Waals surface area contributed by atoms with Gasteiger partial charge in [0.05, 0.1) is 11.1 Å². The fourth-order valence-corrected chi connectivity index (χ4v) is 3.63. The van der Waals surface area contributed by atoms with Gasteiger partial charge in [0.1, 0.15) is 5.52 Å². The monoisotopic (exact) mass is 303 g/mol. The van der Waals surface area contributed by atoms with Gasteiger partial charge in [-0.25, -0.2) is 28.2 Å². The van der Waals surface area contributed by atoms with E-state index >= 15 is 0 Å². The molecular formula is C13H13N5O2S. The van der Waals surface area contributed by atoms with E-state index in [1.165, 1.54) is 12.4 Å². The molecule has 3 aromatic rings. The molecule has 0 atom stereocenters. The van der Waals surface area contributed by atoms with Crippen molar-refractivity contribution in [1.29, 1.82) is 0 Å². The second-order valence-electron chi connectivity index (χ2n) is 4.49. The quantitative estimate of drug-likeness (QED) is 0.558. The molecule has 0 saturated carbocycles. The van der Waals surface area contributed by atoms with Gasteiger partial charge < -0.3 is 5.43 Å². The maximum atomic E-state index is 12.7. The minimum absolute atomic E-state index is 0.241. The number of nitrogens with zero attached hydrogens (tertiary/aromatic N) is 3. The van der Waals surface area contributed by atoms with Gasteiger partial charge in [0.15, 0.2) is 11.5 Å². The number of rotatable bonds is 3. The first kappa shape index (κ1) is 13.5. The van der Waals surface area contributed by atoms with Crippen molar-refractivity contribution >= 4 is 27.0 Å². The Morgan fingerprint density at radius 3 is 2.71 bits per heavy atom. The third kappa shape index (κ3) is 2.14. The van der Waals surface area contributed by atoms with Gasteiger partial charge in [-0.2, -0.15) is 0 Å². The van der Waals surface area contributed by atoms with Gasteiger partial charge in [-0.1, -0.05) is 18.2 Å². The lowest BCUT2D eigenvalue weighted by molar-refractivity contribution is 0.588. The minimum atomic E-state index is -3.71. The second-order valence-corrected chi connectivity index (χ2v) is 6.27. The van der Waals surface area contributed by atoms with Crippen LogP contribution >= 0.6 is 0 Å². The fraction of sp³-hybridized carbons (Fsp3) is 0.0769. The van der Waals surface area contributed by atoms with Gasteiger partial charge in [-0.3, -0.25) is 0 Å². The summed E-state index contributed by atoms with van der Waals surface area (Å²) in [5.41, 5.74) is 3.76. The molecule has 0 radical (unpaired) electrons. The Balaban J connectivity index is 2.23. The Morgan fingerprint density at radius 1 is 1.24 bits per heavy atom. The van der Waals surface area contributed by atoms with E-state index in [2.05, 4.69) is 15.4 Å². The van der Waals surface area contributed by atoms with Gasteiger partial charge in [0.2, 0.25) is 0 Å². The van der Waals surface area contributed by atoms with Crippen LogP contribution in [0.4, 0.5) is 5.82 Å². The Bertz CT molecular complexity index is 917. The Morgan fingerprint density at radius 2 is 2.00 bits per heavy atom. The third-order valence-electron chi connectivity index (χ3n) is 3.13. The van der Waals surface area contributed by atoms with Crippen molar-refractivity contribution in [2.45, 2.75) is 11.8 Å². The highest BCUT2D eigenvalue weighted by Gasteiger charge is 2.21. The molecule has 7 nitrogen and oxygen atoms in total. The van der Waals surface area contributed by atoms with Crippen LogP contribution in [0.1, 0.15) is 5.56 Å². The Kier molecular flexibility index (Phi) is 3.11. The van der Waals surface area contributed by atoms with Crippen LogP contribution in [0.15, 0.2) is 47.6 Å². The van der Waals surface area contributed by atoms with E-state index in [9.17, 15) is 8.42 Å². The molecule has 8 heteroatoms. The Labute approximate surface area is 121 Å². The molecule has 0 amide bonds. The highest BCUT2D eigenvalue weighted by Crippen LogP contribution is 2.22. The maximum Gasteiger partial charge on any atom is 0.269 e. The first-order chi connectivity index (χ1) is 10.0. The average Bonchev–Trinajstić information content (AvgIpc) is 2.91. The zero-order valence-electron chi connectivity index (χ0n) is 11.2. The number of hydrazine groups is 1. The number of aromatic nitrogens is 3. The SMILES string of the molecule is Cc1ccccc1S(=O)(=O)n1ccc2nc(NN)cnc21. The standard InChI is InChI=1S/C13H13N5O2S/c1-9-4-2-3-5-11(9)21(19,20)18-7-6-10-13(18)15-8-12(16-10)17-14/h2-8H,14H2,1H3,(H,16,17). The number of hydrogen-bond donors (Lipinski definition) is 2. The van der Waals surface area contributed by atoms with E-state index in [4.69, 9.17) is 5.84 Å². The van der Waals surface area contributed by atoms with Crippen molar-refractivity contribution < 1.29 is 8.42 Å². The summed E-state index contributed by atoms with van der Waals surface area (Å²) in [6.07, 6.45) is 2.82. The van der Waals surface area contributed by atoms with E-state index < -0.39 is 10.0 Å². The molecule has 3 N–H and O–H groups in total. The predicted octanol–water partition coefficient (Wildman–Crippen LogP) is 1.26. The molecule has 0 saturated heterocycles. The molecule has 0 unspecified atom stereocenters. The lowest BCUT2D eigenvalue weighted by atomic mass is 10.2. The summed E-state index contributed by atoms with van der Waals surface area (Å²) >= 11 is 0. The van der Waals surface area contributed by atoms with E-state index in [0.29, 0.717) is 16.9 Å². The van der Waals surface area contributed by atoms with Crippen LogP contribution in [0.2, 0.25) is 0 Å². The molecular weight excluding hydrogens is 290 g/mol. The molecule has 2 heterocycles. The first-order valence-electron chi connectivity index (χ1n) is 6.16. The number of nitrogen functional groups attached to an aromatic ring is 1. The van der Waals surface area contributed by atoms with E-state index in [0.717, 1.165) is 3.97 Å². The average molecular weight is 303 g/mol. The third-order valence-corrected chi connectivity index (χ3v) is 4.96. The summed E-state index contributed by atoms with van der Waals surface area (Å²) in [6, 6.07) is 8.38. The van der Waals surface area contributed by atoms with Crippen molar-refractivity contribution in [3.63, 3.8) is 0 Å². The molecule has 3 rings (SSSR count). The van der Waals surface area contributed by atoms with Gasteiger partial charge in [0, 0.05) is 6.20 Å². The maximum absolute atomic E-state index is 12.7. The molecule has 0 aliphatic rings. The number of nitrogens with two attached hydrogens (primary N) is 1. The molecule has 2 aromatic heterocycles. The summed E-state index contributed by atoms with van der Waals surface area (Å²) in [5, 5.41) is 0. The van der Waals surface area contributed by atoms with Crippen molar-refractivity contribution in [2.75, 3.05) is 5.43 Å². The summed E-state index contributed by atoms with van der Waals surface area (Å²) in [4.78, 5) is 8.51. The van der Waals surface area contributed by atoms with E-state index in [1.807, 2.05) is 0 Å². The zero-order valence-corrected chi connectivity index (χ0v) is 12.0. The molecule has 0 spiro atoms. The van der Waals surface area contributed by atoms with Crippen LogP contribution in [-0.2, 0) is 10.0 Å². The normalized spacial score (nSPS) is 11.7. The summed E-state index contributed by atoms with van der Waals surface area (Å²) in [5.74, 6) is 5.64. The van der Waals surface area contributed by atoms with Crippen molar-refractivity contribution in [3.8, 4) is 0 Å². The summed E-state index contributed by atoms with van der Waals surface area (Å²) in [7, 11) is -3.71. The molecule has 21 heavy (non-hydrogen) atoms. The van der Waals surface area contributed by atoms with E-state index in [-0.39, 0.29) is 10.5 Å². The van der Waals surface area contributed by atoms with E-state index in [1.54, 1.807) is 37.3 Å². The number of nitrogens with one attached hydrogen (secondary N) is 1. The topological polar surface area (TPSA) is 103 Å². The van der Waals surface area contributed by atoms with Gasteiger partial charge >= 0.3 is 0 Å². The van der Waals surface area contributed by atoms with Crippen LogP contribution in [0.25, 0.3) is 11.2 Å². The largest absolute Gasteiger partial charge is 0.307 e. The number of fused-ring (bicyclic) bond motifs is 1. The van der Waals surface area contributed by atoms with Crippen LogP contribution < -0.4 is 11.3 Å². The van der Waals surface area contributed by atoms with Gasteiger partial charge in [-0.15, -0.1) is 0 Å². The Hall–Kier alpha value is -2.45. The molecule has 1 aromatic carbocycles. The number of aryl methyl sites for hydroxylation is 1. The number of anilines is 1. The predicted molar refractivity (Wildman–Crippen MR) is 79.1 cm³/mol. The molecule has 0 aliphatic carbocycles. The van der Waals surface area contributed by atoms with Crippen LogP contribution in [-0.4, -0.2) is 22.4 Å². The smallest absolute Gasteiger partial charge is 0.269 e. The van der Waals surface area contributed by atoms with Gasteiger partial charge in [-0.05, 0) is 24.6 Å².